The molecule has 27 heavy (non-hydrogen) atoms. The lowest BCUT2D eigenvalue weighted by molar-refractivity contribution is -0.317. The summed E-state index contributed by atoms with van der Waals surface area (Å²) in [6, 6.07) is 0. The highest BCUT2D eigenvalue weighted by Gasteiger charge is 2.45. The molecule has 158 valence electrons. The van der Waals surface area contributed by atoms with Crippen LogP contribution in [0.15, 0.2) is 0 Å². The molecule has 0 N–H and O–H groups in total. The summed E-state index contributed by atoms with van der Waals surface area (Å²) in [6.45, 7) is 3.98. The third kappa shape index (κ3) is 8.96. The SMILES string of the molecule is COC[C@H]1O[C@@H](C)C(OC(OCCOC(C)=O)OCCOC(C)=O)[C@H]1OC. The minimum Gasteiger partial charge on any atom is -0.463 e. The van der Waals surface area contributed by atoms with E-state index in [0.29, 0.717) is 6.61 Å². The molecule has 0 aromatic rings. The van der Waals surface area contributed by atoms with Gasteiger partial charge in [-0.1, -0.05) is 0 Å². The summed E-state index contributed by atoms with van der Waals surface area (Å²) >= 11 is 0. The molecule has 10 nitrogen and oxygen atoms in total. The molecule has 1 aliphatic rings. The third-order valence-corrected chi connectivity index (χ3v) is 3.70. The predicted molar refractivity (Wildman–Crippen MR) is 90.8 cm³/mol. The van der Waals surface area contributed by atoms with Crippen molar-refractivity contribution in [3.63, 3.8) is 0 Å². The first-order valence-corrected chi connectivity index (χ1v) is 8.71. The van der Waals surface area contributed by atoms with Crippen molar-refractivity contribution < 1.29 is 47.5 Å². The van der Waals surface area contributed by atoms with Gasteiger partial charge < -0.3 is 37.9 Å². The summed E-state index contributed by atoms with van der Waals surface area (Å²) < 4.78 is 43.0. The average Bonchev–Trinajstić information content (AvgIpc) is 2.89. The summed E-state index contributed by atoms with van der Waals surface area (Å²) in [6.07, 6.45) is -1.42. The fourth-order valence-electron chi connectivity index (χ4n) is 2.60. The van der Waals surface area contributed by atoms with E-state index >= 15 is 0 Å². The highest BCUT2D eigenvalue weighted by atomic mass is 16.9. The Bertz CT molecular complexity index is 421. The van der Waals surface area contributed by atoms with Crippen LogP contribution in [0.4, 0.5) is 0 Å². The number of hydrogen-bond donors (Lipinski definition) is 0. The summed E-state index contributed by atoms with van der Waals surface area (Å²) in [5.74, 6) is -0.821. The Kier molecular flexibility index (Phi) is 11.4. The molecule has 1 aliphatic heterocycles. The van der Waals surface area contributed by atoms with Crippen LogP contribution in [-0.4, -0.2) is 90.1 Å². The molecular weight excluding hydrogens is 364 g/mol. The van der Waals surface area contributed by atoms with Crippen LogP contribution in [0, 0.1) is 0 Å². The Hall–Kier alpha value is -1.30. The van der Waals surface area contributed by atoms with Crippen molar-refractivity contribution in [2.45, 2.75) is 51.7 Å². The number of esters is 2. The van der Waals surface area contributed by atoms with Gasteiger partial charge in [-0.05, 0) is 6.92 Å². The standard InChI is InChI=1S/C17H30O10/c1-11-15(16(21-5)14(26-11)10-20-4)27-17(24-8-6-22-12(2)18)25-9-7-23-13(3)19/h11,14-17H,6-10H2,1-5H3/t11-,14+,15?,16-/m0/s1. The molecule has 0 aromatic carbocycles. The van der Waals surface area contributed by atoms with Gasteiger partial charge in [0.15, 0.2) is 0 Å². The molecule has 1 unspecified atom stereocenters. The predicted octanol–water partition coefficient (Wildman–Crippen LogP) is 0.263. The highest BCUT2D eigenvalue weighted by Crippen LogP contribution is 2.27. The van der Waals surface area contributed by atoms with Crippen molar-refractivity contribution in [3.05, 3.63) is 0 Å². The molecular formula is C17H30O10. The molecule has 0 spiro atoms. The Morgan fingerprint density at radius 1 is 0.926 bits per heavy atom. The van der Waals surface area contributed by atoms with E-state index in [-0.39, 0.29) is 44.7 Å². The van der Waals surface area contributed by atoms with Gasteiger partial charge in [0.05, 0.1) is 25.9 Å². The minimum absolute atomic E-state index is 0.0548. The number of ether oxygens (including phenoxy) is 8. The van der Waals surface area contributed by atoms with E-state index in [9.17, 15) is 9.59 Å². The van der Waals surface area contributed by atoms with Crippen LogP contribution in [0.25, 0.3) is 0 Å². The van der Waals surface area contributed by atoms with Crippen molar-refractivity contribution in [3.8, 4) is 0 Å². The molecule has 1 heterocycles. The minimum atomic E-state index is -1.08. The number of hydrogen-bond acceptors (Lipinski definition) is 10. The number of rotatable bonds is 13. The molecule has 0 radical (unpaired) electrons. The maximum atomic E-state index is 10.8. The largest absolute Gasteiger partial charge is 0.463 e. The van der Waals surface area contributed by atoms with Crippen molar-refractivity contribution >= 4 is 11.9 Å². The van der Waals surface area contributed by atoms with Gasteiger partial charge in [0.25, 0.3) is 6.48 Å². The number of methoxy groups -OCH3 is 2. The second-order valence-corrected chi connectivity index (χ2v) is 5.85. The van der Waals surface area contributed by atoms with Crippen LogP contribution in [0.5, 0.6) is 0 Å². The molecule has 10 heteroatoms. The first-order chi connectivity index (χ1) is 12.9. The van der Waals surface area contributed by atoms with E-state index in [4.69, 9.17) is 37.9 Å². The van der Waals surface area contributed by atoms with Crippen molar-refractivity contribution in [1.29, 1.82) is 0 Å². The molecule has 0 amide bonds. The monoisotopic (exact) mass is 394 g/mol. The maximum Gasteiger partial charge on any atom is 0.302 e. The molecule has 1 fully saturated rings. The zero-order chi connectivity index (χ0) is 20.2. The molecule has 0 aliphatic carbocycles. The molecule has 0 bridgehead atoms. The van der Waals surface area contributed by atoms with Crippen LogP contribution in [-0.2, 0) is 47.5 Å². The highest BCUT2D eigenvalue weighted by molar-refractivity contribution is 5.66. The molecule has 0 saturated carbocycles. The lowest BCUT2D eigenvalue weighted by Crippen LogP contribution is -2.41. The van der Waals surface area contributed by atoms with Gasteiger partial charge in [-0.25, -0.2) is 0 Å². The van der Waals surface area contributed by atoms with Crippen LogP contribution in [0.2, 0.25) is 0 Å². The van der Waals surface area contributed by atoms with Gasteiger partial charge >= 0.3 is 11.9 Å². The smallest absolute Gasteiger partial charge is 0.302 e. The van der Waals surface area contributed by atoms with Crippen molar-refractivity contribution in [2.75, 3.05) is 47.3 Å². The van der Waals surface area contributed by atoms with Crippen LogP contribution >= 0.6 is 0 Å². The normalized spacial score (nSPS) is 25.0. The first kappa shape index (κ1) is 23.7. The second kappa shape index (κ2) is 13.0. The zero-order valence-electron chi connectivity index (χ0n) is 16.5. The lowest BCUT2D eigenvalue weighted by Gasteiger charge is -2.27. The fraction of sp³-hybridized carbons (Fsp3) is 0.882. The van der Waals surface area contributed by atoms with Crippen LogP contribution in [0.3, 0.4) is 0 Å². The van der Waals surface area contributed by atoms with E-state index in [1.165, 1.54) is 13.8 Å². The Morgan fingerprint density at radius 2 is 1.48 bits per heavy atom. The van der Waals surface area contributed by atoms with E-state index in [0.717, 1.165) is 0 Å². The number of carbonyl (C=O) groups is 2. The molecule has 0 aromatic heterocycles. The van der Waals surface area contributed by atoms with Crippen LogP contribution in [0.1, 0.15) is 20.8 Å². The van der Waals surface area contributed by atoms with Gasteiger partial charge in [-0.2, -0.15) is 0 Å². The quantitative estimate of drug-likeness (QED) is 0.245. The summed E-state index contributed by atoms with van der Waals surface area (Å²) in [5.41, 5.74) is 0. The van der Waals surface area contributed by atoms with E-state index < -0.39 is 24.5 Å². The van der Waals surface area contributed by atoms with Gasteiger partial charge in [-0.15, -0.1) is 0 Å². The van der Waals surface area contributed by atoms with Gasteiger partial charge in [0.2, 0.25) is 0 Å². The Balaban J connectivity index is 2.60. The Labute approximate surface area is 159 Å². The van der Waals surface area contributed by atoms with Crippen LogP contribution < -0.4 is 0 Å². The first-order valence-electron chi connectivity index (χ1n) is 8.71. The van der Waals surface area contributed by atoms with E-state index in [2.05, 4.69) is 0 Å². The lowest BCUT2D eigenvalue weighted by atomic mass is 10.1. The van der Waals surface area contributed by atoms with Gasteiger partial charge in [0, 0.05) is 28.1 Å². The maximum absolute atomic E-state index is 10.8. The summed E-state index contributed by atoms with van der Waals surface area (Å²) in [4.78, 5) is 21.7. The Morgan fingerprint density at radius 3 is 1.93 bits per heavy atom. The van der Waals surface area contributed by atoms with E-state index in [1.807, 2.05) is 6.92 Å². The van der Waals surface area contributed by atoms with Crippen molar-refractivity contribution in [1.82, 2.24) is 0 Å². The average molecular weight is 394 g/mol. The summed E-state index contributed by atoms with van der Waals surface area (Å²) in [7, 11) is 3.14. The fourth-order valence-corrected chi connectivity index (χ4v) is 2.60. The van der Waals surface area contributed by atoms with Gasteiger partial charge in [0.1, 0.15) is 31.5 Å². The topological polar surface area (TPSA) is 108 Å². The molecule has 1 rings (SSSR count). The van der Waals surface area contributed by atoms with Gasteiger partial charge in [-0.3, -0.25) is 9.59 Å². The third-order valence-electron chi connectivity index (χ3n) is 3.70. The molecule has 1 saturated heterocycles. The van der Waals surface area contributed by atoms with Crippen molar-refractivity contribution in [2.24, 2.45) is 0 Å². The molecule has 4 atom stereocenters. The second-order valence-electron chi connectivity index (χ2n) is 5.85. The zero-order valence-corrected chi connectivity index (χ0v) is 16.5. The van der Waals surface area contributed by atoms with E-state index in [1.54, 1.807) is 14.2 Å². The summed E-state index contributed by atoms with van der Waals surface area (Å²) in [5, 5.41) is 0. The number of carbonyl (C=O) groups excluding carboxylic acids is 2.